The molecule has 2 rings (SSSR count). The van der Waals surface area contributed by atoms with Crippen molar-refractivity contribution in [2.24, 2.45) is 4.99 Å². The van der Waals surface area contributed by atoms with Crippen LogP contribution in [0.15, 0.2) is 41.4 Å². The van der Waals surface area contributed by atoms with Gasteiger partial charge in [-0.3, -0.25) is 4.99 Å². The molecule has 0 heterocycles. The Kier molecular flexibility index (Phi) is 10.7. The van der Waals surface area contributed by atoms with E-state index < -0.39 is 0 Å². The van der Waals surface area contributed by atoms with Crippen LogP contribution in [0, 0.1) is 5.82 Å². The molecule has 0 atom stereocenters. The van der Waals surface area contributed by atoms with E-state index in [4.69, 9.17) is 9.47 Å². The Balaban J connectivity index is 0.00000420. The van der Waals surface area contributed by atoms with E-state index in [1.165, 1.54) is 6.07 Å². The maximum Gasteiger partial charge on any atom is 0.195 e. The van der Waals surface area contributed by atoms with E-state index in [2.05, 4.69) is 15.6 Å². The Morgan fingerprint density at radius 1 is 1.14 bits per heavy atom. The molecular weight excluding hydrogens is 486 g/mol. The van der Waals surface area contributed by atoms with Crippen LogP contribution < -0.4 is 20.1 Å². The summed E-state index contributed by atoms with van der Waals surface area (Å²) in [6.07, 6.45) is 0. The van der Waals surface area contributed by atoms with Crippen molar-refractivity contribution in [3.05, 3.63) is 53.3 Å². The molecule has 0 amide bonds. The molecule has 29 heavy (non-hydrogen) atoms. The fourth-order valence-electron chi connectivity index (χ4n) is 2.72. The van der Waals surface area contributed by atoms with Gasteiger partial charge in [-0.25, -0.2) is 4.39 Å². The minimum Gasteiger partial charge on any atom is -0.493 e. The largest absolute Gasteiger partial charge is 0.493 e. The summed E-state index contributed by atoms with van der Waals surface area (Å²) in [6, 6.07) is 10.7. The highest BCUT2D eigenvalue weighted by Crippen LogP contribution is 2.30. The summed E-state index contributed by atoms with van der Waals surface area (Å²) in [4.78, 5) is 6.18. The van der Waals surface area contributed by atoms with Gasteiger partial charge in [0.05, 0.1) is 13.7 Å². The van der Waals surface area contributed by atoms with E-state index in [0.717, 1.165) is 11.3 Å². The third kappa shape index (κ3) is 7.69. The van der Waals surface area contributed by atoms with E-state index in [1.54, 1.807) is 20.2 Å². The molecule has 0 aromatic heterocycles. The topological polar surface area (TPSA) is 58.1 Å². The minimum absolute atomic E-state index is 0. The lowest BCUT2D eigenvalue weighted by molar-refractivity contribution is 0.311. The summed E-state index contributed by atoms with van der Waals surface area (Å²) < 4.78 is 24.8. The lowest BCUT2D eigenvalue weighted by Crippen LogP contribution is -2.30. The first-order valence-corrected chi connectivity index (χ1v) is 9.17. The van der Waals surface area contributed by atoms with Crippen LogP contribution in [0.3, 0.4) is 0 Å². The first-order valence-electron chi connectivity index (χ1n) is 9.17. The van der Waals surface area contributed by atoms with Crippen LogP contribution in [-0.4, -0.2) is 45.7 Å². The minimum atomic E-state index is -0.193. The van der Waals surface area contributed by atoms with Crippen molar-refractivity contribution in [3.8, 4) is 11.5 Å². The van der Waals surface area contributed by atoms with Crippen molar-refractivity contribution in [2.75, 3.05) is 40.2 Å². The Labute approximate surface area is 189 Å². The first-order chi connectivity index (χ1) is 13.5. The average molecular weight is 516 g/mol. The SMILES string of the molecule is CCOc1ccc(NC(=NC)NCc2ccc(F)c(CN(C)C)c2)cc1OC.I. The highest BCUT2D eigenvalue weighted by Gasteiger charge is 2.08. The molecule has 0 saturated heterocycles. The van der Waals surface area contributed by atoms with Crippen LogP contribution in [-0.2, 0) is 13.1 Å². The number of benzene rings is 2. The Morgan fingerprint density at radius 3 is 2.52 bits per heavy atom. The average Bonchev–Trinajstić information content (AvgIpc) is 2.68. The van der Waals surface area contributed by atoms with Crippen LogP contribution in [0.4, 0.5) is 10.1 Å². The number of anilines is 1. The summed E-state index contributed by atoms with van der Waals surface area (Å²) >= 11 is 0. The zero-order chi connectivity index (χ0) is 20.5. The molecule has 0 spiro atoms. The number of nitrogens with one attached hydrogen (secondary N) is 2. The molecule has 0 aliphatic rings. The summed E-state index contributed by atoms with van der Waals surface area (Å²) in [5.74, 6) is 1.75. The van der Waals surface area contributed by atoms with Crippen molar-refractivity contribution in [2.45, 2.75) is 20.0 Å². The molecule has 6 nitrogen and oxygen atoms in total. The summed E-state index contributed by atoms with van der Waals surface area (Å²) in [5.41, 5.74) is 2.47. The zero-order valence-electron chi connectivity index (χ0n) is 17.6. The van der Waals surface area contributed by atoms with Crippen LogP contribution in [0.1, 0.15) is 18.1 Å². The van der Waals surface area contributed by atoms with Gasteiger partial charge in [0.15, 0.2) is 17.5 Å². The number of nitrogens with zero attached hydrogens (tertiary/aromatic N) is 2. The first kappa shape index (κ1) is 25.0. The van der Waals surface area contributed by atoms with E-state index in [9.17, 15) is 4.39 Å². The molecule has 160 valence electrons. The van der Waals surface area contributed by atoms with Crippen molar-refractivity contribution in [3.63, 3.8) is 0 Å². The molecule has 0 unspecified atom stereocenters. The molecule has 0 radical (unpaired) electrons. The van der Waals surface area contributed by atoms with Gasteiger partial charge in [0.2, 0.25) is 0 Å². The predicted octanol–water partition coefficient (Wildman–Crippen LogP) is 4.10. The van der Waals surface area contributed by atoms with Gasteiger partial charge >= 0.3 is 0 Å². The van der Waals surface area contributed by atoms with Gasteiger partial charge in [-0.15, -0.1) is 24.0 Å². The molecule has 0 aliphatic carbocycles. The van der Waals surface area contributed by atoms with Crippen LogP contribution >= 0.6 is 24.0 Å². The van der Waals surface area contributed by atoms with E-state index in [0.29, 0.717) is 42.7 Å². The van der Waals surface area contributed by atoms with Crippen LogP contribution in [0.5, 0.6) is 11.5 Å². The second-order valence-corrected chi connectivity index (χ2v) is 6.51. The standard InChI is InChI=1S/C21H29FN4O2.HI/c1-6-28-19-10-8-17(12-20(19)27-5)25-21(23-2)24-13-15-7-9-18(22)16(11-15)14-26(3)4;/h7-12H,6,13-14H2,1-5H3,(H2,23,24,25);1H. The zero-order valence-corrected chi connectivity index (χ0v) is 19.9. The molecular formula is C21H30FIN4O2. The van der Waals surface area contributed by atoms with Gasteiger partial charge in [-0.1, -0.05) is 6.07 Å². The Morgan fingerprint density at radius 2 is 1.90 bits per heavy atom. The van der Waals surface area contributed by atoms with Gasteiger partial charge in [0, 0.05) is 37.5 Å². The number of aliphatic imine (C=N–C) groups is 1. The molecule has 0 fully saturated rings. The van der Waals surface area contributed by atoms with E-state index in [-0.39, 0.29) is 29.8 Å². The smallest absolute Gasteiger partial charge is 0.195 e. The van der Waals surface area contributed by atoms with Crippen molar-refractivity contribution in [1.82, 2.24) is 10.2 Å². The Bertz CT molecular complexity index is 815. The number of hydrogen-bond acceptors (Lipinski definition) is 4. The molecule has 0 aliphatic heterocycles. The lowest BCUT2D eigenvalue weighted by Gasteiger charge is -2.15. The maximum atomic E-state index is 13.9. The number of guanidine groups is 1. The molecule has 0 bridgehead atoms. The summed E-state index contributed by atoms with van der Waals surface area (Å²) in [5, 5.41) is 6.46. The second kappa shape index (κ2) is 12.5. The molecule has 2 aromatic rings. The number of hydrogen-bond donors (Lipinski definition) is 2. The van der Waals surface area contributed by atoms with Crippen molar-refractivity contribution < 1.29 is 13.9 Å². The molecule has 2 aromatic carbocycles. The number of methoxy groups -OCH3 is 1. The van der Waals surface area contributed by atoms with Crippen LogP contribution in [0.25, 0.3) is 0 Å². The third-order valence-electron chi connectivity index (χ3n) is 4.01. The Hall–Kier alpha value is -2.07. The van der Waals surface area contributed by atoms with Gasteiger partial charge in [0.25, 0.3) is 0 Å². The van der Waals surface area contributed by atoms with E-state index >= 15 is 0 Å². The quantitative estimate of drug-likeness (QED) is 0.315. The fraction of sp³-hybridized carbons (Fsp3) is 0.381. The fourth-order valence-corrected chi connectivity index (χ4v) is 2.72. The van der Waals surface area contributed by atoms with Gasteiger partial charge in [-0.2, -0.15) is 0 Å². The third-order valence-corrected chi connectivity index (χ3v) is 4.01. The van der Waals surface area contributed by atoms with Gasteiger partial charge < -0.3 is 25.0 Å². The number of halogens is 2. The monoisotopic (exact) mass is 516 g/mol. The van der Waals surface area contributed by atoms with Gasteiger partial charge in [-0.05, 0) is 50.8 Å². The maximum absolute atomic E-state index is 13.9. The summed E-state index contributed by atoms with van der Waals surface area (Å²) in [6.45, 7) is 3.57. The number of ether oxygens (including phenoxy) is 2. The normalized spacial score (nSPS) is 11.1. The molecule has 8 heteroatoms. The highest BCUT2D eigenvalue weighted by molar-refractivity contribution is 14.0. The summed E-state index contributed by atoms with van der Waals surface area (Å²) in [7, 11) is 7.14. The van der Waals surface area contributed by atoms with Crippen LogP contribution in [0.2, 0.25) is 0 Å². The molecule has 0 saturated carbocycles. The molecule has 2 N–H and O–H groups in total. The van der Waals surface area contributed by atoms with E-state index in [1.807, 2.05) is 50.2 Å². The lowest BCUT2D eigenvalue weighted by atomic mass is 10.1. The second-order valence-electron chi connectivity index (χ2n) is 6.51. The van der Waals surface area contributed by atoms with Crippen molar-refractivity contribution in [1.29, 1.82) is 0 Å². The number of rotatable bonds is 8. The van der Waals surface area contributed by atoms with Crippen molar-refractivity contribution >= 4 is 35.6 Å². The predicted molar refractivity (Wildman–Crippen MR) is 127 cm³/mol. The van der Waals surface area contributed by atoms with Gasteiger partial charge in [0.1, 0.15) is 5.82 Å². The highest BCUT2D eigenvalue weighted by atomic mass is 127.